The molecular formula is C17H16N4OS. The van der Waals surface area contributed by atoms with E-state index in [9.17, 15) is 4.79 Å². The molecule has 0 aliphatic carbocycles. The summed E-state index contributed by atoms with van der Waals surface area (Å²) in [5, 5.41) is 9.58. The minimum Gasteiger partial charge on any atom is -0.338 e. The molecule has 116 valence electrons. The molecule has 0 saturated heterocycles. The Morgan fingerprint density at radius 2 is 2.17 bits per heavy atom. The third-order valence-electron chi connectivity index (χ3n) is 4.15. The summed E-state index contributed by atoms with van der Waals surface area (Å²) in [5.74, 6) is 0.181. The van der Waals surface area contributed by atoms with Crippen molar-refractivity contribution < 1.29 is 4.79 Å². The number of aromatic nitrogens is 3. The highest BCUT2D eigenvalue weighted by Gasteiger charge is 2.25. The smallest absolute Gasteiger partial charge is 0.228 e. The maximum Gasteiger partial charge on any atom is 0.228 e. The Morgan fingerprint density at radius 3 is 2.96 bits per heavy atom. The summed E-state index contributed by atoms with van der Waals surface area (Å²) in [6.45, 7) is 1.36. The van der Waals surface area contributed by atoms with Gasteiger partial charge in [-0.2, -0.15) is 5.10 Å². The van der Waals surface area contributed by atoms with Crippen molar-refractivity contribution in [2.24, 2.45) is 0 Å². The average molecular weight is 324 g/mol. The number of hydrogen-bond acceptors (Lipinski definition) is 4. The number of amides is 1. The zero-order valence-electron chi connectivity index (χ0n) is 12.5. The Kier molecular flexibility index (Phi) is 3.67. The van der Waals surface area contributed by atoms with Gasteiger partial charge in [0, 0.05) is 53.6 Å². The van der Waals surface area contributed by atoms with Crippen molar-refractivity contribution in [2.45, 2.75) is 19.4 Å². The van der Waals surface area contributed by atoms with Crippen LogP contribution < -0.4 is 0 Å². The molecule has 0 saturated carbocycles. The first-order valence-electron chi connectivity index (χ1n) is 7.58. The summed E-state index contributed by atoms with van der Waals surface area (Å²) in [6, 6.07) is 7.89. The lowest BCUT2D eigenvalue weighted by Gasteiger charge is -2.27. The average Bonchev–Trinajstić information content (AvgIpc) is 3.24. The summed E-state index contributed by atoms with van der Waals surface area (Å²) in [5.41, 5.74) is 4.22. The Morgan fingerprint density at radius 1 is 1.30 bits per heavy atom. The molecule has 0 unspecified atom stereocenters. The van der Waals surface area contributed by atoms with E-state index in [4.69, 9.17) is 0 Å². The van der Waals surface area contributed by atoms with Gasteiger partial charge in [-0.15, -0.1) is 11.3 Å². The SMILES string of the molecule is O=C(Cc1cccs1)N1CCc2[nH]nc(-c3ccncc3)c2C1. The van der Waals surface area contributed by atoms with Crippen LogP contribution in [0.3, 0.4) is 0 Å². The zero-order chi connectivity index (χ0) is 15.6. The second-order valence-electron chi connectivity index (χ2n) is 5.59. The van der Waals surface area contributed by atoms with Crippen LogP contribution in [0.1, 0.15) is 16.1 Å². The van der Waals surface area contributed by atoms with E-state index in [0.717, 1.165) is 40.4 Å². The summed E-state index contributed by atoms with van der Waals surface area (Å²) in [7, 11) is 0. The molecule has 0 fully saturated rings. The van der Waals surface area contributed by atoms with Crippen molar-refractivity contribution >= 4 is 17.2 Å². The molecule has 5 nitrogen and oxygen atoms in total. The lowest BCUT2D eigenvalue weighted by atomic mass is 10.0. The molecule has 6 heteroatoms. The summed E-state index contributed by atoms with van der Waals surface area (Å²) < 4.78 is 0. The van der Waals surface area contributed by atoms with Crippen molar-refractivity contribution in [1.82, 2.24) is 20.1 Å². The highest BCUT2D eigenvalue weighted by Crippen LogP contribution is 2.28. The number of nitrogens with zero attached hydrogens (tertiary/aromatic N) is 3. The van der Waals surface area contributed by atoms with Crippen LogP contribution in [0.2, 0.25) is 0 Å². The molecule has 4 heterocycles. The molecule has 0 spiro atoms. The highest BCUT2D eigenvalue weighted by molar-refractivity contribution is 7.10. The number of fused-ring (bicyclic) bond motifs is 1. The summed E-state index contributed by atoms with van der Waals surface area (Å²) >= 11 is 1.63. The van der Waals surface area contributed by atoms with Gasteiger partial charge in [0.25, 0.3) is 0 Å². The highest BCUT2D eigenvalue weighted by atomic mass is 32.1. The minimum atomic E-state index is 0.181. The van der Waals surface area contributed by atoms with Gasteiger partial charge in [0.05, 0.1) is 12.1 Å². The molecule has 1 aliphatic rings. The molecule has 3 aromatic rings. The topological polar surface area (TPSA) is 61.9 Å². The van der Waals surface area contributed by atoms with Crippen molar-refractivity contribution in [2.75, 3.05) is 6.54 Å². The van der Waals surface area contributed by atoms with Crippen molar-refractivity contribution in [1.29, 1.82) is 0 Å². The number of carbonyl (C=O) groups is 1. The van der Waals surface area contributed by atoms with Gasteiger partial charge < -0.3 is 4.90 Å². The van der Waals surface area contributed by atoms with E-state index in [1.807, 2.05) is 34.5 Å². The number of rotatable bonds is 3. The fourth-order valence-corrected chi connectivity index (χ4v) is 3.63. The quantitative estimate of drug-likeness (QED) is 0.806. The molecule has 1 aliphatic heterocycles. The van der Waals surface area contributed by atoms with E-state index in [2.05, 4.69) is 15.2 Å². The molecule has 23 heavy (non-hydrogen) atoms. The molecule has 0 radical (unpaired) electrons. The minimum absolute atomic E-state index is 0.181. The van der Waals surface area contributed by atoms with Crippen LogP contribution in [-0.4, -0.2) is 32.5 Å². The van der Waals surface area contributed by atoms with E-state index in [0.29, 0.717) is 13.0 Å². The van der Waals surface area contributed by atoms with Gasteiger partial charge in [-0.1, -0.05) is 6.07 Å². The van der Waals surface area contributed by atoms with E-state index in [1.165, 1.54) is 0 Å². The summed E-state index contributed by atoms with van der Waals surface area (Å²) in [4.78, 5) is 19.6. The van der Waals surface area contributed by atoms with Crippen LogP contribution in [0.4, 0.5) is 0 Å². The van der Waals surface area contributed by atoms with Crippen LogP contribution in [0.15, 0.2) is 42.0 Å². The van der Waals surface area contributed by atoms with Crippen molar-refractivity contribution in [3.05, 3.63) is 58.2 Å². The predicted octanol–water partition coefficient (Wildman–Crippen LogP) is 2.66. The third-order valence-corrected chi connectivity index (χ3v) is 5.02. The van der Waals surface area contributed by atoms with Gasteiger partial charge in [-0.05, 0) is 23.6 Å². The molecule has 0 aromatic carbocycles. The van der Waals surface area contributed by atoms with Crippen LogP contribution in [0, 0.1) is 0 Å². The van der Waals surface area contributed by atoms with Crippen LogP contribution in [0.5, 0.6) is 0 Å². The first kappa shape index (κ1) is 14.1. The molecular weight excluding hydrogens is 308 g/mol. The number of H-pyrrole nitrogens is 1. The van der Waals surface area contributed by atoms with E-state index < -0.39 is 0 Å². The Hall–Kier alpha value is -2.47. The molecule has 0 bridgehead atoms. The Balaban J connectivity index is 1.57. The van der Waals surface area contributed by atoms with Gasteiger partial charge in [0.1, 0.15) is 0 Å². The number of hydrogen-bond donors (Lipinski definition) is 1. The van der Waals surface area contributed by atoms with Gasteiger partial charge in [0.2, 0.25) is 5.91 Å². The zero-order valence-corrected chi connectivity index (χ0v) is 13.3. The number of thiophene rings is 1. The maximum absolute atomic E-state index is 12.5. The normalized spacial score (nSPS) is 13.8. The standard InChI is InChI=1S/C17H16N4OS/c22-16(10-13-2-1-9-23-13)21-8-5-15-14(11-21)17(20-19-15)12-3-6-18-7-4-12/h1-4,6-7,9H,5,8,10-11H2,(H,19,20). The Labute approximate surface area is 138 Å². The second-order valence-corrected chi connectivity index (χ2v) is 6.62. The van der Waals surface area contributed by atoms with Gasteiger partial charge >= 0.3 is 0 Å². The first-order valence-corrected chi connectivity index (χ1v) is 8.46. The van der Waals surface area contributed by atoms with E-state index in [1.54, 1.807) is 23.7 Å². The predicted molar refractivity (Wildman–Crippen MR) is 89.0 cm³/mol. The number of aromatic amines is 1. The van der Waals surface area contributed by atoms with E-state index >= 15 is 0 Å². The number of nitrogens with one attached hydrogen (secondary N) is 1. The molecule has 3 aromatic heterocycles. The molecule has 1 amide bonds. The Bertz CT molecular complexity index is 811. The van der Waals surface area contributed by atoms with Crippen LogP contribution in [-0.2, 0) is 24.2 Å². The maximum atomic E-state index is 12.5. The summed E-state index contributed by atoms with van der Waals surface area (Å²) in [6.07, 6.45) is 4.83. The van der Waals surface area contributed by atoms with Gasteiger partial charge in [-0.3, -0.25) is 14.9 Å². The molecule has 4 rings (SSSR count). The monoisotopic (exact) mass is 324 g/mol. The second kappa shape index (κ2) is 5.96. The van der Waals surface area contributed by atoms with Gasteiger partial charge in [0.15, 0.2) is 0 Å². The molecule has 1 N–H and O–H groups in total. The van der Waals surface area contributed by atoms with Crippen LogP contribution >= 0.6 is 11.3 Å². The van der Waals surface area contributed by atoms with Gasteiger partial charge in [-0.25, -0.2) is 0 Å². The number of carbonyl (C=O) groups excluding carboxylic acids is 1. The lowest BCUT2D eigenvalue weighted by Crippen LogP contribution is -2.36. The third kappa shape index (κ3) is 2.77. The first-order chi connectivity index (χ1) is 11.3. The largest absolute Gasteiger partial charge is 0.338 e. The van der Waals surface area contributed by atoms with Crippen molar-refractivity contribution in [3.63, 3.8) is 0 Å². The lowest BCUT2D eigenvalue weighted by molar-refractivity contribution is -0.131. The number of pyridine rings is 1. The van der Waals surface area contributed by atoms with Crippen LogP contribution in [0.25, 0.3) is 11.3 Å². The van der Waals surface area contributed by atoms with Crippen molar-refractivity contribution in [3.8, 4) is 11.3 Å². The molecule has 0 atom stereocenters. The fraction of sp³-hybridized carbons (Fsp3) is 0.235. The van der Waals surface area contributed by atoms with E-state index in [-0.39, 0.29) is 5.91 Å². The fourth-order valence-electron chi connectivity index (χ4n) is 2.93.